The summed E-state index contributed by atoms with van der Waals surface area (Å²) in [6.45, 7) is 4.10. The van der Waals surface area contributed by atoms with Gasteiger partial charge in [-0.25, -0.2) is 0 Å². The highest BCUT2D eigenvalue weighted by Crippen LogP contribution is 2.21. The van der Waals surface area contributed by atoms with Crippen molar-refractivity contribution in [2.75, 3.05) is 19.6 Å². The van der Waals surface area contributed by atoms with E-state index in [0.29, 0.717) is 23.6 Å². The molecule has 0 radical (unpaired) electrons. The Labute approximate surface area is 111 Å². The summed E-state index contributed by atoms with van der Waals surface area (Å²) in [5, 5.41) is 16.9. The van der Waals surface area contributed by atoms with Crippen LogP contribution in [0.2, 0.25) is 0 Å². The van der Waals surface area contributed by atoms with E-state index >= 15 is 0 Å². The molecule has 1 aromatic rings. The van der Waals surface area contributed by atoms with Gasteiger partial charge in [-0.05, 0) is 38.4 Å². The maximum absolute atomic E-state index is 12.0. The molecule has 6 nitrogen and oxygen atoms in total. The smallest absolute Gasteiger partial charge is 0.273 e. The Hall–Kier alpha value is -1.95. The maximum atomic E-state index is 12.0. The number of carbonyl (C=O) groups excluding carboxylic acids is 1. The first-order chi connectivity index (χ1) is 9.09. The average molecular weight is 263 g/mol. The molecule has 1 unspecified atom stereocenters. The molecule has 0 aromatic heterocycles. The largest absolute Gasteiger partial charge is 0.352 e. The lowest BCUT2D eigenvalue weighted by Gasteiger charge is -2.11. The molecule has 1 amide bonds. The number of nitro benzene ring substituents is 1. The van der Waals surface area contributed by atoms with Crippen LogP contribution >= 0.6 is 0 Å². The second-order valence-corrected chi connectivity index (χ2v) is 4.78. The summed E-state index contributed by atoms with van der Waals surface area (Å²) in [5.41, 5.74) is 0.768. The summed E-state index contributed by atoms with van der Waals surface area (Å²) in [6.07, 6.45) is 1.05. The molecule has 0 spiro atoms. The van der Waals surface area contributed by atoms with Crippen molar-refractivity contribution in [1.29, 1.82) is 0 Å². The number of nitrogens with one attached hydrogen (secondary N) is 2. The Morgan fingerprint density at radius 3 is 3.00 bits per heavy atom. The van der Waals surface area contributed by atoms with E-state index in [1.807, 2.05) is 0 Å². The van der Waals surface area contributed by atoms with Crippen LogP contribution in [0.4, 0.5) is 5.69 Å². The van der Waals surface area contributed by atoms with Crippen LogP contribution in [0, 0.1) is 23.0 Å². The van der Waals surface area contributed by atoms with Gasteiger partial charge in [-0.15, -0.1) is 0 Å². The van der Waals surface area contributed by atoms with Crippen molar-refractivity contribution in [2.45, 2.75) is 13.3 Å². The van der Waals surface area contributed by atoms with Gasteiger partial charge in [-0.3, -0.25) is 14.9 Å². The first kappa shape index (κ1) is 13.5. The Morgan fingerprint density at radius 1 is 1.58 bits per heavy atom. The molecule has 0 aliphatic carbocycles. The van der Waals surface area contributed by atoms with Gasteiger partial charge in [0.15, 0.2) is 0 Å². The van der Waals surface area contributed by atoms with E-state index in [1.165, 1.54) is 12.1 Å². The third kappa shape index (κ3) is 3.08. The molecule has 1 atom stereocenters. The first-order valence-corrected chi connectivity index (χ1v) is 6.32. The maximum Gasteiger partial charge on any atom is 0.273 e. The van der Waals surface area contributed by atoms with Crippen molar-refractivity contribution in [3.8, 4) is 0 Å². The molecule has 102 valence electrons. The van der Waals surface area contributed by atoms with E-state index in [0.717, 1.165) is 19.5 Å². The van der Waals surface area contributed by atoms with Gasteiger partial charge in [0.05, 0.1) is 4.92 Å². The van der Waals surface area contributed by atoms with E-state index in [4.69, 9.17) is 0 Å². The Morgan fingerprint density at radius 2 is 2.37 bits per heavy atom. The van der Waals surface area contributed by atoms with E-state index in [2.05, 4.69) is 10.6 Å². The third-order valence-corrected chi connectivity index (χ3v) is 3.46. The van der Waals surface area contributed by atoms with E-state index < -0.39 is 4.92 Å². The molecule has 1 fully saturated rings. The number of nitro groups is 1. The minimum Gasteiger partial charge on any atom is -0.352 e. The minimum atomic E-state index is -0.465. The average Bonchev–Trinajstić information content (AvgIpc) is 2.89. The molecule has 1 aromatic carbocycles. The molecule has 1 aliphatic heterocycles. The first-order valence-electron chi connectivity index (χ1n) is 6.32. The summed E-state index contributed by atoms with van der Waals surface area (Å²) >= 11 is 0. The Bertz CT molecular complexity index is 496. The Balaban J connectivity index is 2.06. The van der Waals surface area contributed by atoms with Crippen LogP contribution in [-0.4, -0.2) is 30.5 Å². The van der Waals surface area contributed by atoms with Crippen LogP contribution in [0.5, 0.6) is 0 Å². The molecular weight excluding hydrogens is 246 g/mol. The van der Waals surface area contributed by atoms with Gasteiger partial charge in [0.25, 0.3) is 11.6 Å². The summed E-state index contributed by atoms with van der Waals surface area (Å²) < 4.78 is 0. The van der Waals surface area contributed by atoms with E-state index in [-0.39, 0.29) is 11.6 Å². The fraction of sp³-hybridized carbons (Fsp3) is 0.462. The van der Waals surface area contributed by atoms with Gasteiger partial charge in [0.1, 0.15) is 0 Å². The summed E-state index contributed by atoms with van der Waals surface area (Å²) in [5.74, 6) is 0.205. The predicted molar refractivity (Wildman–Crippen MR) is 71.1 cm³/mol. The van der Waals surface area contributed by atoms with Gasteiger partial charge in [-0.2, -0.15) is 0 Å². The second kappa shape index (κ2) is 5.79. The summed E-state index contributed by atoms with van der Waals surface area (Å²) in [4.78, 5) is 22.4. The van der Waals surface area contributed by atoms with Crippen molar-refractivity contribution in [1.82, 2.24) is 10.6 Å². The molecule has 2 rings (SSSR count). The zero-order valence-electron chi connectivity index (χ0n) is 10.8. The van der Waals surface area contributed by atoms with Gasteiger partial charge in [0, 0.05) is 23.7 Å². The van der Waals surface area contributed by atoms with Crippen LogP contribution < -0.4 is 10.6 Å². The van der Waals surface area contributed by atoms with Gasteiger partial charge in [-0.1, -0.05) is 6.07 Å². The number of amides is 1. The standard InChI is InChI=1S/C13H17N3O3/c1-9-11(3-2-4-12(9)16(18)19)13(17)15-8-10-5-6-14-7-10/h2-4,10,14H,5-8H2,1H3,(H,15,17). The predicted octanol–water partition coefficient (Wildman–Crippen LogP) is 1.24. The topological polar surface area (TPSA) is 84.3 Å². The lowest BCUT2D eigenvalue weighted by Crippen LogP contribution is -2.30. The van der Waals surface area contributed by atoms with Crippen molar-refractivity contribution < 1.29 is 9.72 Å². The molecule has 0 bridgehead atoms. The lowest BCUT2D eigenvalue weighted by atomic mass is 10.1. The quantitative estimate of drug-likeness (QED) is 0.632. The SMILES string of the molecule is Cc1c(C(=O)NCC2CCNC2)cccc1[N+](=O)[O-]. The van der Waals surface area contributed by atoms with Gasteiger partial charge < -0.3 is 10.6 Å². The molecule has 1 aliphatic rings. The summed E-state index contributed by atoms with van der Waals surface area (Å²) in [7, 11) is 0. The number of rotatable bonds is 4. The van der Waals surface area contributed by atoms with Gasteiger partial charge >= 0.3 is 0 Å². The molecular formula is C13H17N3O3. The van der Waals surface area contributed by atoms with Crippen molar-refractivity contribution in [3.05, 3.63) is 39.4 Å². The minimum absolute atomic E-state index is 0.0183. The fourth-order valence-corrected chi connectivity index (χ4v) is 2.29. The van der Waals surface area contributed by atoms with Crippen molar-refractivity contribution in [2.24, 2.45) is 5.92 Å². The number of hydrogen-bond donors (Lipinski definition) is 2. The van der Waals surface area contributed by atoms with E-state index in [1.54, 1.807) is 13.0 Å². The third-order valence-electron chi connectivity index (χ3n) is 3.46. The number of carbonyl (C=O) groups is 1. The normalized spacial score (nSPS) is 18.3. The number of nitrogens with zero attached hydrogens (tertiary/aromatic N) is 1. The van der Waals surface area contributed by atoms with Crippen molar-refractivity contribution in [3.63, 3.8) is 0 Å². The molecule has 19 heavy (non-hydrogen) atoms. The summed E-state index contributed by atoms with van der Waals surface area (Å²) in [6, 6.07) is 4.56. The van der Waals surface area contributed by atoms with Crippen LogP contribution in [-0.2, 0) is 0 Å². The highest BCUT2D eigenvalue weighted by atomic mass is 16.6. The molecule has 2 N–H and O–H groups in total. The zero-order chi connectivity index (χ0) is 13.8. The highest BCUT2D eigenvalue weighted by molar-refractivity contribution is 5.96. The molecule has 1 heterocycles. The zero-order valence-corrected chi connectivity index (χ0v) is 10.8. The van der Waals surface area contributed by atoms with E-state index in [9.17, 15) is 14.9 Å². The Kier molecular flexibility index (Phi) is 4.11. The molecule has 6 heteroatoms. The van der Waals surface area contributed by atoms with Crippen LogP contribution in [0.25, 0.3) is 0 Å². The van der Waals surface area contributed by atoms with Crippen LogP contribution in [0.15, 0.2) is 18.2 Å². The van der Waals surface area contributed by atoms with Gasteiger partial charge in [0.2, 0.25) is 0 Å². The molecule has 1 saturated heterocycles. The molecule has 0 saturated carbocycles. The van der Waals surface area contributed by atoms with Crippen LogP contribution in [0.1, 0.15) is 22.3 Å². The van der Waals surface area contributed by atoms with Crippen molar-refractivity contribution >= 4 is 11.6 Å². The fourth-order valence-electron chi connectivity index (χ4n) is 2.29. The number of hydrogen-bond acceptors (Lipinski definition) is 4. The lowest BCUT2D eigenvalue weighted by molar-refractivity contribution is -0.385. The highest BCUT2D eigenvalue weighted by Gasteiger charge is 2.19. The van der Waals surface area contributed by atoms with Crippen LogP contribution in [0.3, 0.4) is 0 Å². The number of benzene rings is 1. The second-order valence-electron chi connectivity index (χ2n) is 4.78. The monoisotopic (exact) mass is 263 g/mol.